The van der Waals surface area contributed by atoms with E-state index < -0.39 is 18.0 Å². The molecule has 0 aliphatic rings. The maximum Gasteiger partial charge on any atom is 0.311 e. The average molecular weight is 410 g/mol. The number of anilines is 1. The molecule has 0 fully saturated rings. The van der Waals surface area contributed by atoms with Crippen LogP contribution in [0.2, 0.25) is 5.02 Å². The van der Waals surface area contributed by atoms with Gasteiger partial charge in [0, 0.05) is 16.3 Å². The minimum absolute atomic E-state index is 0.0380. The molecule has 0 saturated heterocycles. The highest BCUT2D eigenvalue weighted by atomic mass is 35.5. The normalized spacial score (nSPS) is 11.4. The van der Waals surface area contributed by atoms with Crippen molar-refractivity contribution in [1.82, 2.24) is 0 Å². The molecule has 0 aliphatic carbocycles. The summed E-state index contributed by atoms with van der Waals surface area (Å²) in [6.45, 7) is 0. The van der Waals surface area contributed by atoms with Gasteiger partial charge in [-0.1, -0.05) is 54.1 Å². The summed E-state index contributed by atoms with van der Waals surface area (Å²) in [5.41, 5.74) is 1.91. The van der Waals surface area contributed by atoms with Crippen LogP contribution < -0.4 is 10.1 Å². The van der Waals surface area contributed by atoms with Crippen LogP contribution in [0.1, 0.15) is 17.2 Å². The van der Waals surface area contributed by atoms with E-state index in [1.54, 1.807) is 79.9 Å². The van der Waals surface area contributed by atoms with Crippen LogP contribution in [0.4, 0.5) is 5.69 Å². The highest BCUT2D eigenvalue weighted by molar-refractivity contribution is 6.30. The molecule has 0 radical (unpaired) electrons. The molecule has 0 aromatic heterocycles. The molecule has 5 nitrogen and oxygen atoms in total. The van der Waals surface area contributed by atoms with E-state index in [-0.39, 0.29) is 6.42 Å². The number of benzene rings is 3. The van der Waals surface area contributed by atoms with Crippen molar-refractivity contribution in [1.29, 1.82) is 0 Å². The van der Waals surface area contributed by atoms with E-state index in [0.29, 0.717) is 22.0 Å². The van der Waals surface area contributed by atoms with Crippen LogP contribution >= 0.6 is 11.6 Å². The summed E-state index contributed by atoms with van der Waals surface area (Å²) < 4.78 is 10.7. The first-order chi connectivity index (χ1) is 14.0. The summed E-state index contributed by atoms with van der Waals surface area (Å²) in [4.78, 5) is 25.3. The Bertz CT molecular complexity index is 956. The molecule has 6 heteroatoms. The standard InChI is InChI=1S/C23H20ClNO4/c1-28-20-13-11-19(12-14-20)25-23(27)22(17-5-3-2-4-6-17)29-21(26)15-16-7-9-18(24)10-8-16/h2-14,22H,15H2,1H3,(H,25,27)/t22-/m1/s1. The van der Waals surface area contributed by atoms with Gasteiger partial charge in [0.1, 0.15) is 5.75 Å². The van der Waals surface area contributed by atoms with Gasteiger partial charge in [0.15, 0.2) is 0 Å². The van der Waals surface area contributed by atoms with Crippen LogP contribution in [-0.4, -0.2) is 19.0 Å². The molecule has 3 aromatic carbocycles. The van der Waals surface area contributed by atoms with Crippen molar-refractivity contribution in [3.63, 3.8) is 0 Å². The van der Waals surface area contributed by atoms with Gasteiger partial charge in [0.2, 0.25) is 6.10 Å². The van der Waals surface area contributed by atoms with Gasteiger partial charge in [0.05, 0.1) is 13.5 Å². The quantitative estimate of drug-likeness (QED) is 0.568. The number of methoxy groups -OCH3 is 1. The Morgan fingerprint density at radius 2 is 1.59 bits per heavy atom. The number of halogens is 1. The largest absolute Gasteiger partial charge is 0.497 e. The monoisotopic (exact) mass is 409 g/mol. The Kier molecular flexibility index (Phi) is 6.87. The molecule has 0 aliphatic heterocycles. The molecule has 0 spiro atoms. The first-order valence-corrected chi connectivity index (χ1v) is 9.37. The molecule has 0 heterocycles. The van der Waals surface area contributed by atoms with Crippen LogP contribution in [0.15, 0.2) is 78.9 Å². The van der Waals surface area contributed by atoms with Crippen molar-refractivity contribution in [3.05, 3.63) is 95.0 Å². The van der Waals surface area contributed by atoms with Gasteiger partial charge in [-0.15, -0.1) is 0 Å². The van der Waals surface area contributed by atoms with Crippen LogP contribution in [0.3, 0.4) is 0 Å². The van der Waals surface area contributed by atoms with Crippen molar-refractivity contribution in [3.8, 4) is 5.75 Å². The fourth-order valence-electron chi connectivity index (χ4n) is 2.72. The van der Waals surface area contributed by atoms with Crippen molar-refractivity contribution < 1.29 is 19.1 Å². The van der Waals surface area contributed by atoms with Crippen molar-refractivity contribution in [2.24, 2.45) is 0 Å². The summed E-state index contributed by atoms with van der Waals surface area (Å²) in [6.07, 6.45) is -1.03. The lowest BCUT2D eigenvalue weighted by Gasteiger charge is -2.18. The maximum absolute atomic E-state index is 12.9. The van der Waals surface area contributed by atoms with Gasteiger partial charge in [-0.05, 0) is 42.0 Å². The Labute approximate surface area is 174 Å². The first kappa shape index (κ1) is 20.4. The molecule has 148 valence electrons. The van der Waals surface area contributed by atoms with E-state index in [4.69, 9.17) is 21.1 Å². The summed E-state index contributed by atoms with van der Waals surface area (Å²) in [5.74, 6) is -0.270. The highest BCUT2D eigenvalue weighted by Crippen LogP contribution is 2.22. The summed E-state index contributed by atoms with van der Waals surface area (Å²) in [5, 5.41) is 3.37. The van der Waals surface area contributed by atoms with E-state index in [1.165, 1.54) is 0 Å². The summed E-state index contributed by atoms with van der Waals surface area (Å²) in [6, 6.07) is 22.7. The van der Waals surface area contributed by atoms with Crippen LogP contribution in [-0.2, 0) is 20.7 Å². The second kappa shape index (κ2) is 9.75. The number of amides is 1. The van der Waals surface area contributed by atoms with E-state index >= 15 is 0 Å². The van der Waals surface area contributed by atoms with Crippen LogP contribution in [0.5, 0.6) is 5.75 Å². The SMILES string of the molecule is COc1ccc(NC(=O)[C@H](OC(=O)Cc2ccc(Cl)cc2)c2ccccc2)cc1. The summed E-state index contributed by atoms with van der Waals surface area (Å²) in [7, 11) is 1.57. The Balaban J connectivity index is 1.74. The zero-order valence-electron chi connectivity index (χ0n) is 15.8. The zero-order valence-corrected chi connectivity index (χ0v) is 16.6. The number of nitrogens with one attached hydrogen (secondary N) is 1. The smallest absolute Gasteiger partial charge is 0.311 e. The zero-order chi connectivity index (χ0) is 20.6. The number of carbonyl (C=O) groups is 2. The molecular formula is C23H20ClNO4. The van der Waals surface area contributed by atoms with Gasteiger partial charge in [0.25, 0.3) is 5.91 Å². The fraction of sp³-hybridized carbons (Fsp3) is 0.130. The third-order valence-electron chi connectivity index (χ3n) is 4.21. The van der Waals surface area contributed by atoms with Gasteiger partial charge in [-0.3, -0.25) is 9.59 Å². The molecule has 29 heavy (non-hydrogen) atoms. The van der Waals surface area contributed by atoms with Crippen LogP contribution in [0.25, 0.3) is 0 Å². The fourth-order valence-corrected chi connectivity index (χ4v) is 2.85. The number of rotatable bonds is 7. The molecule has 3 rings (SSSR count). The van der Waals surface area contributed by atoms with Gasteiger partial charge >= 0.3 is 5.97 Å². The van der Waals surface area contributed by atoms with Gasteiger partial charge in [-0.2, -0.15) is 0 Å². The summed E-state index contributed by atoms with van der Waals surface area (Å²) >= 11 is 5.87. The molecule has 1 N–H and O–H groups in total. The molecule has 1 atom stereocenters. The van der Waals surface area contributed by atoms with Crippen LogP contribution in [0, 0.1) is 0 Å². The molecule has 0 saturated carbocycles. The number of ether oxygens (including phenoxy) is 2. The Hall–Kier alpha value is -3.31. The lowest BCUT2D eigenvalue weighted by Crippen LogP contribution is -2.26. The Morgan fingerprint density at radius 1 is 0.931 bits per heavy atom. The minimum Gasteiger partial charge on any atom is -0.497 e. The van der Waals surface area contributed by atoms with Gasteiger partial charge < -0.3 is 14.8 Å². The predicted molar refractivity (Wildman–Crippen MR) is 112 cm³/mol. The second-order valence-electron chi connectivity index (χ2n) is 6.30. The number of esters is 1. The van der Waals surface area contributed by atoms with Crippen molar-refractivity contribution in [2.45, 2.75) is 12.5 Å². The number of hydrogen-bond donors (Lipinski definition) is 1. The molecule has 1 amide bonds. The lowest BCUT2D eigenvalue weighted by atomic mass is 10.1. The number of carbonyl (C=O) groups excluding carboxylic acids is 2. The maximum atomic E-state index is 12.9. The molecule has 3 aromatic rings. The van der Waals surface area contributed by atoms with Crippen molar-refractivity contribution >= 4 is 29.2 Å². The highest BCUT2D eigenvalue weighted by Gasteiger charge is 2.25. The average Bonchev–Trinajstić information content (AvgIpc) is 2.75. The topological polar surface area (TPSA) is 64.6 Å². The van der Waals surface area contributed by atoms with Gasteiger partial charge in [-0.25, -0.2) is 0 Å². The molecular weight excluding hydrogens is 390 g/mol. The first-order valence-electron chi connectivity index (χ1n) is 8.99. The van der Waals surface area contributed by atoms with E-state index in [0.717, 1.165) is 5.56 Å². The number of hydrogen-bond acceptors (Lipinski definition) is 4. The van der Waals surface area contributed by atoms with E-state index in [1.807, 2.05) is 6.07 Å². The molecule has 0 unspecified atom stereocenters. The Morgan fingerprint density at radius 3 is 2.21 bits per heavy atom. The lowest BCUT2D eigenvalue weighted by molar-refractivity contribution is -0.154. The predicted octanol–water partition coefficient (Wildman–Crippen LogP) is 4.81. The molecule has 0 bridgehead atoms. The minimum atomic E-state index is -1.07. The second-order valence-corrected chi connectivity index (χ2v) is 6.74. The van der Waals surface area contributed by atoms with E-state index in [9.17, 15) is 9.59 Å². The third-order valence-corrected chi connectivity index (χ3v) is 4.46. The van der Waals surface area contributed by atoms with E-state index in [2.05, 4.69) is 5.32 Å². The third kappa shape index (κ3) is 5.83. The van der Waals surface area contributed by atoms with Crippen molar-refractivity contribution in [2.75, 3.05) is 12.4 Å².